The summed E-state index contributed by atoms with van der Waals surface area (Å²) < 4.78 is 43.0. The Hall–Kier alpha value is -0.620. The maximum Gasteiger partial charge on any atom is 0.434 e. The molecule has 0 amide bonds. The summed E-state index contributed by atoms with van der Waals surface area (Å²) >= 11 is 1.02. The number of hydrogen-bond donors (Lipinski definition) is 2. The van der Waals surface area contributed by atoms with Crippen molar-refractivity contribution in [1.29, 1.82) is 0 Å². The lowest BCUT2D eigenvalue weighted by molar-refractivity contribution is -0.140. The lowest BCUT2D eigenvalue weighted by Crippen LogP contribution is -2.38. The predicted octanol–water partition coefficient (Wildman–Crippen LogP) is 4.08. The predicted molar refractivity (Wildman–Crippen MR) is 111 cm³/mol. The Bertz CT molecular complexity index is 512. The number of nitrogens with zero attached hydrogens (tertiary/aromatic N) is 2. The molecule has 10 heteroatoms. The molecule has 0 fully saturated rings. The lowest BCUT2D eigenvalue weighted by Gasteiger charge is -2.10. The highest BCUT2D eigenvalue weighted by molar-refractivity contribution is 14.0. The largest absolute Gasteiger partial charge is 0.434 e. The molecule has 0 saturated heterocycles. The molecule has 26 heavy (non-hydrogen) atoms. The molecule has 0 unspecified atom stereocenters. The van der Waals surface area contributed by atoms with E-state index in [4.69, 9.17) is 4.74 Å². The quantitative estimate of drug-likeness (QED) is 0.205. The fourth-order valence-electron chi connectivity index (χ4n) is 1.89. The van der Waals surface area contributed by atoms with Gasteiger partial charge in [0.2, 0.25) is 0 Å². The van der Waals surface area contributed by atoms with E-state index in [0.717, 1.165) is 42.6 Å². The van der Waals surface area contributed by atoms with Crippen LogP contribution in [0.25, 0.3) is 0 Å². The third-order valence-electron chi connectivity index (χ3n) is 3.18. The Kier molecular flexibility index (Phi) is 14.1. The minimum Gasteiger partial charge on any atom is -0.381 e. The van der Waals surface area contributed by atoms with Crippen LogP contribution in [-0.4, -0.2) is 43.8 Å². The van der Waals surface area contributed by atoms with Gasteiger partial charge in [-0.05, 0) is 19.8 Å². The number of rotatable bonds is 11. The van der Waals surface area contributed by atoms with Gasteiger partial charge in [-0.15, -0.1) is 35.3 Å². The molecule has 0 bridgehead atoms. The molecule has 1 heterocycles. The summed E-state index contributed by atoms with van der Waals surface area (Å²) in [7, 11) is 0. The topological polar surface area (TPSA) is 58.5 Å². The van der Waals surface area contributed by atoms with E-state index in [1.807, 2.05) is 6.92 Å². The summed E-state index contributed by atoms with van der Waals surface area (Å²) in [6.45, 7) is 7.38. The number of aliphatic imine (C=N–C) groups is 1. The van der Waals surface area contributed by atoms with Crippen LogP contribution in [0.15, 0.2) is 10.4 Å². The molecule has 1 aromatic rings. The normalized spacial score (nSPS) is 12.0. The summed E-state index contributed by atoms with van der Waals surface area (Å²) in [4.78, 5) is 8.04. The first-order valence-corrected chi connectivity index (χ1v) is 9.46. The molecule has 0 atom stereocenters. The van der Waals surface area contributed by atoms with E-state index in [1.54, 1.807) is 0 Å². The third-order valence-corrected chi connectivity index (χ3v) is 4.09. The Labute approximate surface area is 174 Å². The van der Waals surface area contributed by atoms with Crippen LogP contribution in [-0.2, 0) is 17.3 Å². The average molecular weight is 508 g/mol. The number of guanidine groups is 1. The van der Waals surface area contributed by atoms with Gasteiger partial charge in [0.15, 0.2) is 11.7 Å². The Morgan fingerprint density at radius 1 is 1.23 bits per heavy atom. The van der Waals surface area contributed by atoms with Crippen LogP contribution in [0.2, 0.25) is 0 Å². The zero-order chi connectivity index (χ0) is 18.5. The number of halogens is 4. The second kappa shape index (κ2) is 14.4. The second-order valence-corrected chi connectivity index (χ2v) is 6.32. The summed E-state index contributed by atoms with van der Waals surface area (Å²) in [5.41, 5.74) is -0.823. The number of thiazole rings is 1. The monoisotopic (exact) mass is 508 g/mol. The van der Waals surface area contributed by atoms with E-state index in [-0.39, 0.29) is 24.0 Å². The van der Waals surface area contributed by atoms with Crippen molar-refractivity contribution >= 4 is 41.3 Å². The lowest BCUT2D eigenvalue weighted by atomic mass is 10.4. The molecule has 5 nitrogen and oxygen atoms in total. The molecule has 1 rings (SSSR count). The summed E-state index contributed by atoms with van der Waals surface area (Å²) in [6, 6.07) is 0. The van der Waals surface area contributed by atoms with E-state index in [1.165, 1.54) is 0 Å². The minimum absolute atomic E-state index is 0. The Morgan fingerprint density at radius 2 is 1.96 bits per heavy atom. The number of alkyl halides is 3. The Morgan fingerprint density at radius 3 is 2.58 bits per heavy atom. The first-order valence-electron chi connectivity index (χ1n) is 8.58. The molecule has 0 spiro atoms. The van der Waals surface area contributed by atoms with Gasteiger partial charge in [-0.2, -0.15) is 13.2 Å². The molecule has 2 N–H and O–H groups in total. The van der Waals surface area contributed by atoms with Gasteiger partial charge in [0.05, 0.1) is 5.01 Å². The molecule has 0 aromatic carbocycles. The minimum atomic E-state index is -4.38. The zero-order valence-corrected chi connectivity index (χ0v) is 18.3. The fourth-order valence-corrected chi connectivity index (χ4v) is 2.70. The van der Waals surface area contributed by atoms with Crippen molar-refractivity contribution in [2.24, 2.45) is 4.99 Å². The van der Waals surface area contributed by atoms with E-state index >= 15 is 0 Å². The number of hydrogen-bond acceptors (Lipinski definition) is 4. The van der Waals surface area contributed by atoms with Gasteiger partial charge in [0, 0.05) is 44.6 Å². The summed E-state index contributed by atoms with van der Waals surface area (Å²) in [5, 5.41) is 7.73. The van der Waals surface area contributed by atoms with Crippen LogP contribution >= 0.6 is 35.3 Å². The maximum absolute atomic E-state index is 12.5. The van der Waals surface area contributed by atoms with Crippen LogP contribution < -0.4 is 10.6 Å². The maximum atomic E-state index is 12.5. The molecule has 0 aliphatic heterocycles. The smallest absolute Gasteiger partial charge is 0.381 e. The molecule has 0 saturated carbocycles. The van der Waals surface area contributed by atoms with Gasteiger partial charge in [-0.25, -0.2) is 4.98 Å². The van der Waals surface area contributed by atoms with E-state index < -0.39 is 11.9 Å². The molecule has 0 aliphatic carbocycles. The van der Waals surface area contributed by atoms with Crippen molar-refractivity contribution in [3.05, 3.63) is 16.1 Å². The van der Waals surface area contributed by atoms with Crippen LogP contribution in [0, 0.1) is 0 Å². The first kappa shape index (κ1) is 25.4. The fraction of sp³-hybridized carbons (Fsp3) is 0.750. The van der Waals surface area contributed by atoms with Crippen LogP contribution in [0.4, 0.5) is 13.2 Å². The van der Waals surface area contributed by atoms with Crippen molar-refractivity contribution in [1.82, 2.24) is 15.6 Å². The van der Waals surface area contributed by atoms with E-state index in [9.17, 15) is 13.2 Å². The molecule has 152 valence electrons. The number of ether oxygens (including phenoxy) is 1. The average Bonchev–Trinajstić information content (AvgIpc) is 3.03. The highest BCUT2D eigenvalue weighted by Gasteiger charge is 2.33. The van der Waals surface area contributed by atoms with Crippen molar-refractivity contribution < 1.29 is 17.9 Å². The zero-order valence-electron chi connectivity index (χ0n) is 15.2. The van der Waals surface area contributed by atoms with Crippen molar-refractivity contribution in [3.63, 3.8) is 0 Å². The van der Waals surface area contributed by atoms with Crippen LogP contribution in [0.3, 0.4) is 0 Å². The molecular weight excluding hydrogens is 480 g/mol. The number of nitrogens with one attached hydrogen (secondary N) is 2. The van der Waals surface area contributed by atoms with Gasteiger partial charge < -0.3 is 15.4 Å². The summed E-state index contributed by atoms with van der Waals surface area (Å²) in [6.07, 6.45) is -0.929. The molecule has 1 aromatic heterocycles. The molecule has 0 aliphatic rings. The standard InChI is InChI=1S/C16H27F3N4OS.HI/c1-3-5-10-24-11-6-8-21-15(20-4-2)22-9-7-14-23-13(12-25-14)16(17,18)19;/h12H,3-11H2,1-2H3,(H2,20,21,22);1H. The third kappa shape index (κ3) is 11.2. The van der Waals surface area contributed by atoms with Crippen LogP contribution in [0.1, 0.15) is 43.8 Å². The number of aromatic nitrogens is 1. The van der Waals surface area contributed by atoms with Gasteiger partial charge >= 0.3 is 6.18 Å². The van der Waals surface area contributed by atoms with Crippen molar-refractivity contribution in [2.75, 3.05) is 32.8 Å². The molecular formula is C16H28F3IN4OS. The highest BCUT2D eigenvalue weighted by Crippen LogP contribution is 2.29. The van der Waals surface area contributed by atoms with E-state index in [0.29, 0.717) is 43.6 Å². The van der Waals surface area contributed by atoms with Crippen LogP contribution in [0.5, 0.6) is 0 Å². The van der Waals surface area contributed by atoms with Gasteiger partial charge in [0.25, 0.3) is 0 Å². The van der Waals surface area contributed by atoms with Gasteiger partial charge in [0.1, 0.15) is 0 Å². The van der Waals surface area contributed by atoms with Gasteiger partial charge in [-0.3, -0.25) is 4.99 Å². The van der Waals surface area contributed by atoms with Crippen molar-refractivity contribution in [2.45, 2.75) is 45.7 Å². The number of unbranched alkanes of at least 4 members (excludes halogenated alkanes) is 1. The second-order valence-electron chi connectivity index (χ2n) is 5.38. The SMILES string of the molecule is CCCCOCCCN=C(NCC)NCCc1nc(C(F)(F)F)cs1.I. The molecule has 0 radical (unpaired) electrons. The first-order chi connectivity index (χ1) is 12.0. The Balaban J connectivity index is 0.00000625. The van der Waals surface area contributed by atoms with Gasteiger partial charge in [-0.1, -0.05) is 13.3 Å². The van der Waals surface area contributed by atoms with E-state index in [2.05, 4.69) is 27.5 Å². The summed E-state index contributed by atoms with van der Waals surface area (Å²) in [5.74, 6) is 0.656. The highest BCUT2D eigenvalue weighted by atomic mass is 127. The van der Waals surface area contributed by atoms with Crippen molar-refractivity contribution in [3.8, 4) is 0 Å².